The van der Waals surface area contributed by atoms with E-state index in [9.17, 15) is 8.78 Å². The van der Waals surface area contributed by atoms with Gasteiger partial charge in [0.25, 0.3) is 5.92 Å². The molecule has 2 heterocycles. The maximum Gasteiger partial charge on any atom is 0.270 e. The van der Waals surface area contributed by atoms with Crippen LogP contribution in [0.3, 0.4) is 0 Å². The Morgan fingerprint density at radius 2 is 1.70 bits per heavy atom. The van der Waals surface area contributed by atoms with Crippen LogP contribution in [0.2, 0.25) is 18.1 Å². The molecule has 40 heavy (non-hydrogen) atoms. The molecule has 0 amide bonds. The summed E-state index contributed by atoms with van der Waals surface area (Å²) in [6, 6.07) is 6.87. The fourth-order valence-corrected chi connectivity index (χ4v) is 8.26. The van der Waals surface area contributed by atoms with Crippen LogP contribution < -0.4 is 0 Å². The Morgan fingerprint density at radius 1 is 1.05 bits per heavy atom. The molecule has 1 aromatic heterocycles. The molecule has 2 aliphatic carbocycles. The summed E-state index contributed by atoms with van der Waals surface area (Å²) in [6.07, 6.45) is 5.50. The van der Waals surface area contributed by atoms with Crippen LogP contribution in [0.5, 0.6) is 0 Å². The van der Waals surface area contributed by atoms with Gasteiger partial charge in [0.1, 0.15) is 6.10 Å². The lowest BCUT2D eigenvalue weighted by Crippen LogP contribution is -2.44. The van der Waals surface area contributed by atoms with Gasteiger partial charge in [0, 0.05) is 35.0 Å². The second-order valence-electron chi connectivity index (χ2n) is 15.4. The standard InChI is InChI=1S/C34H49F2NO2Si/c1-21(2)29-27-28(26-24(37-29)19-32(6,7)20-25(26)39-40(9,10)31(3,4)5)34(16-11-12-17-34)38-30(27)22-14-13-15-23(18-22)33(8,35)36/h13-15,18,21,25,30H,11-12,16-17,19-20H2,1-10H3/t25?,30-/m1/s1. The van der Waals surface area contributed by atoms with Gasteiger partial charge in [-0.2, -0.15) is 0 Å². The van der Waals surface area contributed by atoms with E-state index in [1.165, 1.54) is 17.2 Å². The molecule has 1 aliphatic heterocycles. The molecule has 1 unspecified atom stereocenters. The summed E-state index contributed by atoms with van der Waals surface area (Å²) in [4.78, 5) is 5.43. The van der Waals surface area contributed by atoms with E-state index in [1.54, 1.807) is 12.1 Å². The number of hydrogen-bond donors (Lipinski definition) is 0. The highest BCUT2D eigenvalue weighted by atomic mass is 28.4. The molecule has 2 atom stereocenters. The SMILES string of the molecule is CC(C)c1nc2c(c3c1[C@@H](c1cccc(C(C)(F)F)c1)OC31CCCC1)C(O[Si](C)(C)C(C)(C)C)CC(C)(C)C2. The number of aromatic nitrogens is 1. The minimum Gasteiger partial charge on any atom is -0.410 e. The van der Waals surface area contributed by atoms with Crippen molar-refractivity contribution < 1.29 is 17.9 Å². The van der Waals surface area contributed by atoms with Gasteiger partial charge in [0.2, 0.25) is 0 Å². The fraction of sp³-hybridized carbons (Fsp3) is 0.676. The van der Waals surface area contributed by atoms with Crippen LogP contribution in [-0.2, 0) is 27.1 Å². The molecule has 1 aromatic carbocycles. The Labute approximate surface area is 241 Å². The van der Waals surface area contributed by atoms with Gasteiger partial charge in [-0.3, -0.25) is 4.98 Å². The topological polar surface area (TPSA) is 31.4 Å². The molecule has 220 valence electrons. The Hall–Kier alpha value is -1.63. The summed E-state index contributed by atoms with van der Waals surface area (Å²) in [7, 11) is -2.10. The zero-order valence-electron chi connectivity index (χ0n) is 26.3. The van der Waals surface area contributed by atoms with Crippen molar-refractivity contribution in [1.82, 2.24) is 4.98 Å². The first kappa shape index (κ1) is 29.8. The number of hydrogen-bond acceptors (Lipinski definition) is 3. The molecule has 3 aliphatic rings. The Morgan fingerprint density at radius 3 is 2.27 bits per heavy atom. The van der Waals surface area contributed by atoms with Crippen LogP contribution >= 0.6 is 0 Å². The average molecular weight is 570 g/mol. The Kier molecular flexibility index (Phi) is 7.24. The fourth-order valence-electron chi connectivity index (χ4n) is 6.99. The number of halogens is 2. The normalized spacial score (nSPS) is 24.0. The van der Waals surface area contributed by atoms with Crippen LogP contribution in [0.1, 0.15) is 145 Å². The van der Waals surface area contributed by atoms with E-state index in [4.69, 9.17) is 14.1 Å². The molecule has 5 rings (SSSR count). The van der Waals surface area contributed by atoms with E-state index in [2.05, 4.69) is 61.6 Å². The Bertz CT molecular complexity index is 1280. The number of fused-ring (bicyclic) bond motifs is 4. The van der Waals surface area contributed by atoms with Gasteiger partial charge in [-0.25, -0.2) is 8.78 Å². The largest absolute Gasteiger partial charge is 0.410 e. The van der Waals surface area contributed by atoms with Gasteiger partial charge in [-0.1, -0.05) is 79.5 Å². The predicted molar refractivity (Wildman–Crippen MR) is 161 cm³/mol. The van der Waals surface area contributed by atoms with E-state index in [0.717, 1.165) is 68.0 Å². The van der Waals surface area contributed by atoms with Gasteiger partial charge in [0.15, 0.2) is 8.32 Å². The first-order valence-electron chi connectivity index (χ1n) is 15.3. The number of benzene rings is 1. The summed E-state index contributed by atoms with van der Waals surface area (Å²) < 4.78 is 43.4. The minimum absolute atomic E-state index is 0.0282. The second-order valence-corrected chi connectivity index (χ2v) is 20.2. The van der Waals surface area contributed by atoms with Gasteiger partial charge >= 0.3 is 0 Å². The zero-order chi connectivity index (χ0) is 29.5. The number of rotatable bonds is 5. The highest BCUT2D eigenvalue weighted by Crippen LogP contribution is 2.60. The lowest BCUT2D eigenvalue weighted by atomic mass is 9.70. The minimum atomic E-state index is -2.91. The third kappa shape index (κ3) is 5.11. The lowest BCUT2D eigenvalue weighted by molar-refractivity contribution is -0.0581. The van der Waals surface area contributed by atoms with Crippen molar-refractivity contribution in [2.24, 2.45) is 5.41 Å². The Balaban J connectivity index is 1.78. The van der Waals surface area contributed by atoms with Crippen molar-refractivity contribution in [3.63, 3.8) is 0 Å². The molecular formula is C34H49F2NO2Si. The first-order chi connectivity index (χ1) is 18.4. The predicted octanol–water partition coefficient (Wildman–Crippen LogP) is 10.2. The number of pyridine rings is 1. The van der Waals surface area contributed by atoms with Crippen molar-refractivity contribution in [2.75, 3.05) is 0 Å². The van der Waals surface area contributed by atoms with Crippen molar-refractivity contribution >= 4 is 8.32 Å². The van der Waals surface area contributed by atoms with Crippen molar-refractivity contribution in [3.05, 3.63) is 63.5 Å². The van der Waals surface area contributed by atoms with E-state index in [-0.39, 0.29) is 28.0 Å². The van der Waals surface area contributed by atoms with E-state index in [0.29, 0.717) is 0 Å². The maximum atomic E-state index is 14.5. The average Bonchev–Trinajstić information content (AvgIpc) is 3.41. The second kappa shape index (κ2) is 9.70. The lowest BCUT2D eigenvalue weighted by Gasteiger charge is -2.45. The molecule has 2 aromatic rings. The molecular weight excluding hydrogens is 520 g/mol. The first-order valence-corrected chi connectivity index (χ1v) is 18.2. The molecule has 3 nitrogen and oxygen atoms in total. The van der Waals surface area contributed by atoms with E-state index < -0.39 is 25.9 Å². The quantitative estimate of drug-likeness (QED) is 0.336. The summed E-state index contributed by atoms with van der Waals surface area (Å²) in [6.45, 7) is 21.6. The molecule has 1 spiro atoms. The number of nitrogens with zero attached hydrogens (tertiary/aromatic N) is 1. The molecule has 1 fully saturated rings. The monoisotopic (exact) mass is 569 g/mol. The summed E-state index contributed by atoms with van der Waals surface area (Å²) >= 11 is 0. The van der Waals surface area contributed by atoms with Crippen LogP contribution in [-0.4, -0.2) is 13.3 Å². The summed E-state index contributed by atoms with van der Waals surface area (Å²) in [5.41, 5.74) is 6.35. The van der Waals surface area contributed by atoms with Crippen LogP contribution in [0.15, 0.2) is 24.3 Å². The molecule has 0 saturated heterocycles. The third-order valence-electron chi connectivity index (χ3n) is 10.0. The van der Waals surface area contributed by atoms with E-state index in [1.807, 2.05) is 6.07 Å². The molecule has 0 N–H and O–H groups in total. The van der Waals surface area contributed by atoms with Gasteiger partial charge in [-0.15, -0.1) is 0 Å². The van der Waals surface area contributed by atoms with E-state index >= 15 is 0 Å². The van der Waals surface area contributed by atoms with Crippen molar-refractivity contribution in [3.8, 4) is 0 Å². The maximum absolute atomic E-state index is 14.5. The van der Waals surface area contributed by atoms with Gasteiger partial charge in [0.05, 0.1) is 11.7 Å². The van der Waals surface area contributed by atoms with Crippen LogP contribution in [0.4, 0.5) is 8.78 Å². The van der Waals surface area contributed by atoms with Crippen molar-refractivity contribution in [2.45, 2.75) is 142 Å². The highest BCUT2D eigenvalue weighted by Gasteiger charge is 2.54. The van der Waals surface area contributed by atoms with Gasteiger partial charge < -0.3 is 9.16 Å². The molecule has 1 saturated carbocycles. The summed E-state index contributed by atoms with van der Waals surface area (Å²) in [5, 5.41) is 0.0825. The van der Waals surface area contributed by atoms with Crippen LogP contribution in [0.25, 0.3) is 0 Å². The van der Waals surface area contributed by atoms with Crippen molar-refractivity contribution in [1.29, 1.82) is 0 Å². The number of ether oxygens (including phenoxy) is 1. The van der Waals surface area contributed by atoms with Crippen LogP contribution in [0, 0.1) is 5.41 Å². The smallest absolute Gasteiger partial charge is 0.270 e. The third-order valence-corrected chi connectivity index (χ3v) is 14.5. The zero-order valence-corrected chi connectivity index (χ0v) is 27.3. The highest BCUT2D eigenvalue weighted by molar-refractivity contribution is 6.74. The number of alkyl halides is 2. The molecule has 6 heteroatoms. The van der Waals surface area contributed by atoms with Gasteiger partial charge in [-0.05, 0) is 72.3 Å². The summed E-state index contributed by atoms with van der Waals surface area (Å²) in [5.74, 6) is -2.73. The molecule has 0 radical (unpaired) electrons. The molecule has 0 bridgehead atoms.